The van der Waals surface area contributed by atoms with Crippen molar-refractivity contribution < 1.29 is 18.4 Å². The van der Waals surface area contributed by atoms with Gasteiger partial charge in [-0.2, -0.15) is 0 Å². The summed E-state index contributed by atoms with van der Waals surface area (Å²) in [6, 6.07) is 0. The summed E-state index contributed by atoms with van der Waals surface area (Å²) in [5.41, 5.74) is 3.76. The number of hydrogen-bond acceptors (Lipinski definition) is 4. The lowest BCUT2D eigenvalue weighted by Gasteiger charge is -2.08. The van der Waals surface area contributed by atoms with E-state index in [1.807, 2.05) is 38.3 Å². The quantitative estimate of drug-likeness (QED) is 0.643. The van der Waals surface area contributed by atoms with Gasteiger partial charge in [-0.1, -0.05) is 25.2 Å². The Bertz CT molecular complexity index is 264. The lowest BCUT2D eigenvalue weighted by Crippen LogP contribution is -2.20. The third-order valence-corrected chi connectivity index (χ3v) is 4.72. The Kier molecular flexibility index (Phi) is 9.58. The van der Waals surface area contributed by atoms with E-state index in [9.17, 15) is 9.59 Å². The number of hydrogen-bond donors (Lipinski definition) is 0. The molecule has 102 valence electrons. The minimum Gasteiger partial charge on any atom is -0.514 e. The summed E-state index contributed by atoms with van der Waals surface area (Å²) >= 11 is 0. The minimum absolute atomic E-state index is 0.147. The molecule has 0 atom stereocenters. The minimum atomic E-state index is -1.25. The van der Waals surface area contributed by atoms with E-state index in [0.717, 1.165) is 12.8 Å². The molecule has 0 heterocycles. The highest BCUT2D eigenvalue weighted by molar-refractivity contribution is 6.64. The van der Waals surface area contributed by atoms with Crippen LogP contribution in [-0.2, 0) is 18.4 Å². The lowest BCUT2D eigenvalue weighted by atomic mass is 10.4. The summed E-state index contributed by atoms with van der Waals surface area (Å²) in [5, 5.41) is 0. The van der Waals surface area contributed by atoms with Gasteiger partial charge in [0.15, 0.2) is 0 Å². The number of rotatable bonds is 8. The lowest BCUT2D eigenvalue weighted by molar-refractivity contribution is -0.135. The van der Waals surface area contributed by atoms with Crippen LogP contribution in [0.3, 0.4) is 0 Å². The first-order chi connectivity index (χ1) is 8.49. The second-order valence-electron chi connectivity index (χ2n) is 4.00. The fourth-order valence-electron chi connectivity index (χ4n) is 1.17. The maximum Gasteiger partial charge on any atom is 0.309 e. The zero-order valence-corrected chi connectivity index (χ0v) is 13.6. The van der Waals surface area contributed by atoms with Crippen LogP contribution in [0.1, 0.15) is 39.5 Å². The van der Waals surface area contributed by atoms with Crippen LogP contribution in [0.5, 0.6) is 0 Å². The molecule has 0 aromatic rings. The van der Waals surface area contributed by atoms with Crippen LogP contribution < -0.4 is 0 Å². The van der Waals surface area contributed by atoms with Gasteiger partial charge in [0.05, 0.1) is 0 Å². The fourth-order valence-corrected chi connectivity index (χ4v) is 4.11. The van der Waals surface area contributed by atoms with Crippen molar-refractivity contribution in [1.29, 1.82) is 0 Å². The molecule has 2 radical (unpaired) electrons. The Morgan fingerprint density at radius 1 is 0.889 bits per heavy atom. The van der Waals surface area contributed by atoms with Crippen LogP contribution in [0.25, 0.3) is 0 Å². The van der Waals surface area contributed by atoms with Crippen molar-refractivity contribution in [3.05, 3.63) is 11.4 Å². The second kappa shape index (κ2) is 10.1. The first kappa shape index (κ1) is 17.1. The molecule has 18 heavy (non-hydrogen) atoms. The van der Waals surface area contributed by atoms with Crippen molar-refractivity contribution in [2.24, 2.45) is 0 Å². The van der Waals surface area contributed by atoms with Crippen molar-refractivity contribution >= 4 is 30.0 Å². The summed E-state index contributed by atoms with van der Waals surface area (Å²) in [6.45, 7) is 7.69. The Morgan fingerprint density at radius 3 is 1.50 bits per heavy atom. The van der Waals surface area contributed by atoms with Gasteiger partial charge >= 0.3 is 18.1 Å². The highest BCUT2D eigenvalue weighted by Crippen LogP contribution is 1.99. The molecule has 0 unspecified atom stereocenters. The van der Waals surface area contributed by atoms with Gasteiger partial charge in [-0.3, -0.25) is 9.59 Å². The molecular weight excluding hydrogens is 264 g/mol. The maximum atomic E-state index is 11.3. The molecule has 4 nitrogen and oxygen atoms in total. The maximum absolute atomic E-state index is 11.3. The molecule has 0 saturated carbocycles. The normalized spacial score (nSPS) is 11.2. The summed E-state index contributed by atoms with van der Waals surface area (Å²) in [5.74, 6) is -0.294. The topological polar surface area (TPSA) is 52.6 Å². The van der Waals surface area contributed by atoms with E-state index < -0.39 is 18.1 Å². The summed E-state index contributed by atoms with van der Waals surface area (Å²) in [6.07, 6.45) is 2.53. The molecule has 0 aromatic heterocycles. The molecule has 0 saturated heterocycles. The highest BCUT2D eigenvalue weighted by atomic mass is 28.3. The average molecular weight is 286 g/mol. The largest absolute Gasteiger partial charge is 0.514 e. The van der Waals surface area contributed by atoms with Gasteiger partial charge in [-0.15, -0.1) is 0 Å². The third kappa shape index (κ3) is 9.18. The Hall–Kier alpha value is -0.886. The molecule has 0 aliphatic heterocycles. The molecule has 0 amide bonds. The predicted octanol–water partition coefficient (Wildman–Crippen LogP) is 2.55. The Morgan fingerprint density at radius 2 is 1.22 bits per heavy atom. The van der Waals surface area contributed by atoms with E-state index in [-0.39, 0.29) is 11.9 Å². The molecular formula is C12H22O4Si2. The van der Waals surface area contributed by atoms with E-state index >= 15 is 0 Å². The third-order valence-electron chi connectivity index (χ3n) is 2.01. The van der Waals surface area contributed by atoms with Crippen molar-refractivity contribution in [3.63, 3.8) is 0 Å². The Labute approximate surface area is 113 Å². The van der Waals surface area contributed by atoms with Gasteiger partial charge in [0.1, 0.15) is 0 Å². The fraction of sp³-hybridized carbons (Fsp3) is 0.667. The number of carbonyl (C=O) groups is 2. The van der Waals surface area contributed by atoms with Gasteiger partial charge in [-0.05, 0) is 25.9 Å². The van der Waals surface area contributed by atoms with Crippen LogP contribution >= 0.6 is 0 Å². The van der Waals surface area contributed by atoms with Gasteiger partial charge in [0.2, 0.25) is 0 Å². The SMILES string of the molecule is CCCC(=O)O[Si](C)C=C[Si](C)OC(=O)CCC. The van der Waals surface area contributed by atoms with Crippen molar-refractivity contribution in [1.82, 2.24) is 0 Å². The summed E-state index contributed by atoms with van der Waals surface area (Å²) in [4.78, 5) is 22.5. The molecule has 0 fully saturated rings. The van der Waals surface area contributed by atoms with E-state index in [2.05, 4.69) is 0 Å². The van der Waals surface area contributed by atoms with Gasteiger partial charge in [-0.25, -0.2) is 0 Å². The molecule has 0 spiro atoms. The molecule has 0 bridgehead atoms. The molecule has 0 N–H and O–H groups in total. The molecule has 0 aromatic carbocycles. The van der Waals surface area contributed by atoms with Crippen LogP contribution in [0.2, 0.25) is 13.1 Å². The van der Waals surface area contributed by atoms with Crippen molar-refractivity contribution in [2.45, 2.75) is 52.6 Å². The first-order valence-electron chi connectivity index (χ1n) is 6.26. The zero-order chi connectivity index (χ0) is 14.0. The zero-order valence-electron chi connectivity index (χ0n) is 11.6. The first-order valence-corrected chi connectivity index (χ1v) is 10.2. The van der Waals surface area contributed by atoms with E-state index in [4.69, 9.17) is 8.85 Å². The monoisotopic (exact) mass is 286 g/mol. The summed E-state index contributed by atoms with van der Waals surface area (Å²) < 4.78 is 10.5. The predicted molar refractivity (Wildman–Crippen MR) is 74.4 cm³/mol. The van der Waals surface area contributed by atoms with Gasteiger partial charge in [0, 0.05) is 12.8 Å². The second-order valence-corrected chi connectivity index (χ2v) is 7.52. The highest BCUT2D eigenvalue weighted by Gasteiger charge is 2.12. The Balaban J connectivity index is 3.97. The van der Waals surface area contributed by atoms with Crippen molar-refractivity contribution in [3.8, 4) is 0 Å². The van der Waals surface area contributed by atoms with Crippen LogP contribution in [0.15, 0.2) is 11.4 Å². The van der Waals surface area contributed by atoms with Gasteiger partial charge < -0.3 is 8.85 Å². The number of carbonyl (C=O) groups excluding carboxylic acids is 2. The average Bonchev–Trinajstić information content (AvgIpc) is 2.27. The standard InChI is InChI=1S/C12H22O4Si2/c1-5-7-11(13)15-17(3)9-10-18(4)16-12(14)8-6-2/h9-10H,5-8H2,1-4H3. The van der Waals surface area contributed by atoms with Crippen LogP contribution in [0, 0.1) is 0 Å². The van der Waals surface area contributed by atoms with Gasteiger partial charge in [0.25, 0.3) is 11.9 Å². The molecule has 6 heteroatoms. The van der Waals surface area contributed by atoms with E-state index in [0.29, 0.717) is 12.8 Å². The van der Waals surface area contributed by atoms with E-state index in [1.165, 1.54) is 0 Å². The van der Waals surface area contributed by atoms with Crippen molar-refractivity contribution in [2.75, 3.05) is 0 Å². The molecule has 0 rings (SSSR count). The molecule has 0 aliphatic rings. The van der Waals surface area contributed by atoms with Crippen LogP contribution in [-0.4, -0.2) is 30.0 Å². The molecule has 0 aliphatic carbocycles. The van der Waals surface area contributed by atoms with E-state index in [1.54, 1.807) is 0 Å². The van der Waals surface area contributed by atoms with Crippen LogP contribution in [0.4, 0.5) is 0 Å². The summed E-state index contributed by atoms with van der Waals surface area (Å²) in [7, 11) is -2.50. The smallest absolute Gasteiger partial charge is 0.309 e.